The number of pyridine rings is 2. The van der Waals surface area contributed by atoms with E-state index >= 15 is 0 Å². The standard InChI is InChI=1S/C14H11F4N5O2.C13H16BF4NO3.C7H7ClN4O.3CH4/c1-24-6-12-22-21-11-4-19-10(5-23(11)12)8-2-9(15)13(20-3-8)25-7-14(16,17)18;1-11(2)12(3,4)22-14(21-11)8-5-9(15)10(19-6-8)20-7-13(16,17)18;1-13-4-7-11-10-6-2-9-5(8)3-12(6)7;;;/h2-5H,6-7H2,1H3;5-6H,7H2,1-4H3;2-3H,4H2,1H3;3*1H4. The average molecular weight is 925 g/mol. The summed E-state index contributed by atoms with van der Waals surface area (Å²) in [7, 11) is 2.26. The Kier molecular flexibility index (Phi) is 18.6. The third-order valence-electron chi connectivity index (χ3n) is 8.44. The molecule has 0 saturated carbocycles. The fraction of sp³-hybridized carbons (Fsp3) is 0.459. The van der Waals surface area contributed by atoms with Gasteiger partial charge in [-0.05, 0) is 39.8 Å². The van der Waals surface area contributed by atoms with E-state index in [1.165, 1.54) is 25.7 Å². The van der Waals surface area contributed by atoms with Crippen molar-refractivity contribution >= 4 is 35.5 Å². The van der Waals surface area contributed by atoms with Gasteiger partial charge < -0.3 is 28.3 Å². The first-order valence-corrected chi connectivity index (χ1v) is 17.6. The molecular formula is C37H46BClF8N10O6. The van der Waals surface area contributed by atoms with Gasteiger partial charge in [0.25, 0.3) is 11.8 Å². The Labute approximate surface area is 362 Å². The van der Waals surface area contributed by atoms with Crippen molar-refractivity contribution in [3.8, 4) is 23.0 Å². The molecule has 16 nitrogen and oxygen atoms in total. The maximum atomic E-state index is 13.9. The van der Waals surface area contributed by atoms with Crippen LogP contribution in [0.1, 0.15) is 61.6 Å². The second-order valence-electron chi connectivity index (χ2n) is 13.5. The van der Waals surface area contributed by atoms with Gasteiger partial charge in [-0.1, -0.05) is 33.9 Å². The van der Waals surface area contributed by atoms with Gasteiger partial charge >= 0.3 is 19.5 Å². The first-order chi connectivity index (χ1) is 28.1. The van der Waals surface area contributed by atoms with Crippen LogP contribution in [0.15, 0.2) is 49.3 Å². The molecule has 7 rings (SSSR count). The molecule has 6 aromatic rings. The molecule has 0 atom stereocenters. The highest BCUT2D eigenvalue weighted by molar-refractivity contribution is 6.62. The molecule has 0 spiro atoms. The van der Waals surface area contributed by atoms with E-state index in [0.717, 1.165) is 12.1 Å². The monoisotopic (exact) mass is 924 g/mol. The highest BCUT2D eigenvalue weighted by Gasteiger charge is 2.52. The molecule has 26 heteroatoms. The first-order valence-electron chi connectivity index (χ1n) is 17.2. The largest absolute Gasteiger partial charge is 0.496 e. The number of nitrogens with zero attached hydrogens (tertiary/aromatic N) is 10. The maximum Gasteiger partial charge on any atom is 0.496 e. The average Bonchev–Trinajstić information content (AvgIpc) is 3.82. The molecule has 0 amide bonds. The Morgan fingerprint density at radius 3 is 1.57 bits per heavy atom. The van der Waals surface area contributed by atoms with E-state index in [2.05, 4.69) is 49.8 Å². The second kappa shape index (κ2) is 21.8. The number of alkyl halides is 6. The number of hydrogen-bond acceptors (Lipinski definition) is 14. The lowest BCUT2D eigenvalue weighted by atomic mass is 9.80. The Morgan fingerprint density at radius 1 is 0.651 bits per heavy atom. The fourth-order valence-corrected chi connectivity index (χ4v) is 5.05. The number of fused-ring (bicyclic) bond motifs is 2. The molecule has 0 unspecified atom stereocenters. The third kappa shape index (κ3) is 14.1. The van der Waals surface area contributed by atoms with E-state index < -0.39 is 67.3 Å². The van der Waals surface area contributed by atoms with Gasteiger partial charge in [0.1, 0.15) is 18.4 Å². The molecule has 0 aromatic carbocycles. The van der Waals surface area contributed by atoms with E-state index in [1.807, 2.05) is 27.7 Å². The van der Waals surface area contributed by atoms with Gasteiger partial charge in [0.2, 0.25) is 0 Å². The fourth-order valence-electron chi connectivity index (χ4n) is 4.91. The van der Waals surface area contributed by atoms with E-state index in [9.17, 15) is 35.1 Å². The van der Waals surface area contributed by atoms with Gasteiger partial charge in [0, 0.05) is 50.0 Å². The van der Waals surface area contributed by atoms with Crippen LogP contribution in [0.25, 0.3) is 22.6 Å². The predicted octanol–water partition coefficient (Wildman–Crippen LogP) is 7.71. The Morgan fingerprint density at radius 2 is 1.11 bits per heavy atom. The third-order valence-corrected chi connectivity index (χ3v) is 8.64. The molecule has 7 heterocycles. The summed E-state index contributed by atoms with van der Waals surface area (Å²) in [5.74, 6) is -2.24. The smallest absolute Gasteiger partial charge is 0.466 e. The highest BCUT2D eigenvalue weighted by atomic mass is 35.5. The molecule has 346 valence electrons. The molecule has 1 aliphatic heterocycles. The number of methoxy groups -OCH3 is 2. The SMILES string of the molecule is C.C.C.CC1(C)OB(c2cnc(OCC(F)(F)F)c(F)c2)OC1(C)C.COCc1nnc2cnc(-c3cnc(OCC(F)(F)F)c(F)c3)cn12.COCc1nnc2cnc(Cl)cn12. The molecule has 0 radical (unpaired) electrons. The van der Waals surface area contributed by atoms with Crippen LogP contribution >= 0.6 is 11.6 Å². The summed E-state index contributed by atoms with van der Waals surface area (Å²) in [6.45, 7) is 4.71. The van der Waals surface area contributed by atoms with Crippen molar-refractivity contribution in [1.29, 1.82) is 0 Å². The Balaban J connectivity index is 0.000000331. The lowest BCUT2D eigenvalue weighted by Crippen LogP contribution is -2.41. The van der Waals surface area contributed by atoms with Crippen LogP contribution in [0.4, 0.5) is 35.1 Å². The van der Waals surface area contributed by atoms with Gasteiger partial charge in [-0.2, -0.15) is 26.3 Å². The summed E-state index contributed by atoms with van der Waals surface area (Å²) >= 11 is 5.72. The van der Waals surface area contributed by atoms with E-state index in [1.54, 1.807) is 34.5 Å². The van der Waals surface area contributed by atoms with Crippen LogP contribution in [0.3, 0.4) is 0 Å². The second-order valence-corrected chi connectivity index (χ2v) is 13.9. The number of ether oxygens (including phenoxy) is 4. The molecule has 0 bridgehead atoms. The first kappa shape index (κ1) is 53.8. The van der Waals surface area contributed by atoms with Crippen molar-refractivity contribution in [2.24, 2.45) is 0 Å². The summed E-state index contributed by atoms with van der Waals surface area (Å²) in [6.07, 6.45) is -0.589. The molecule has 0 N–H and O–H groups in total. The normalized spacial score (nSPS) is 14.0. The zero-order chi connectivity index (χ0) is 44.0. The minimum absolute atomic E-state index is 0. The predicted molar refractivity (Wildman–Crippen MR) is 214 cm³/mol. The van der Waals surface area contributed by atoms with Gasteiger partial charge in [-0.3, -0.25) is 13.8 Å². The topological polar surface area (TPSA) is 167 Å². The van der Waals surface area contributed by atoms with Gasteiger partial charge in [-0.25, -0.2) is 23.7 Å². The van der Waals surface area contributed by atoms with Crippen molar-refractivity contribution in [3.05, 3.63) is 77.8 Å². The number of halogens is 9. The van der Waals surface area contributed by atoms with Gasteiger partial charge in [0.05, 0.1) is 29.3 Å². The van der Waals surface area contributed by atoms with Crippen molar-refractivity contribution in [3.63, 3.8) is 0 Å². The van der Waals surface area contributed by atoms with Crippen LogP contribution < -0.4 is 14.9 Å². The van der Waals surface area contributed by atoms with Crippen LogP contribution in [0.5, 0.6) is 11.8 Å². The van der Waals surface area contributed by atoms with E-state index in [0.29, 0.717) is 40.4 Å². The maximum absolute atomic E-state index is 13.9. The number of rotatable bonds is 10. The summed E-state index contributed by atoms with van der Waals surface area (Å²) < 4.78 is 134. The van der Waals surface area contributed by atoms with Crippen LogP contribution in [0, 0.1) is 11.6 Å². The highest BCUT2D eigenvalue weighted by Crippen LogP contribution is 2.36. The molecular weight excluding hydrogens is 879 g/mol. The van der Waals surface area contributed by atoms with Gasteiger partial charge in [-0.15, -0.1) is 20.4 Å². The van der Waals surface area contributed by atoms with Crippen LogP contribution in [-0.2, 0) is 32.0 Å². The molecule has 63 heavy (non-hydrogen) atoms. The quantitative estimate of drug-likeness (QED) is 0.0968. The molecule has 6 aromatic heterocycles. The van der Waals surface area contributed by atoms with Crippen molar-refractivity contribution < 1.29 is 63.4 Å². The lowest BCUT2D eigenvalue weighted by Gasteiger charge is -2.32. The lowest BCUT2D eigenvalue weighted by molar-refractivity contribution is -0.155. The zero-order valence-electron chi connectivity index (χ0n) is 32.3. The zero-order valence-corrected chi connectivity index (χ0v) is 33.1. The number of aromatic nitrogens is 10. The Bertz CT molecular complexity index is 2390. The van der Waals surface area contributed by atoms with Crippen LogP contribution in [-0.4, -0.2) is 107 Å². The van der Waals surface area contributed by atoms with E-state index in [-0.39, 0.29) is 39.9 Å². The number of hydrogen-bond donors (Lipinski definition) is 0. The summed E-state index contributed by atoms with van der Waals surface area (Å²) in [5.41, 5.74) is 0.773. The van der Waals surface area contributed by atoms with E-state index in [4.69, 9.17) is 30.4 Å². The Hall–Kier alpha value is -5.37. The minimum atomic E-state index is -4.58. The van der Waals surface area contributed by atoms with Crippen molar-refractivity contribution in [2.45, 2.75) is 86.7 Å². The summed E-state index contributed by atoms with van der Waals surface area (Å²) in [5, 5.41) is 16.0. The van der Waals surface area contributed by atoms with Crippen molar-refractivity contribution in [1.82, 2.24) is 49.1 Å². The molecule has 1 fully saturated rings. The minimum Gasteiger partial charge on any atom is -0.466 e. The molecule has 1 aliphatic rings. The van der Waals surface area contributed by atoms with Crippen LogP contribution in [0.2, 0.25) is 5.15 Å². The molecule has 0 aliphatic carbocycles. The molecule has 1 saturated heterocycles. The van der Waals surface area contributed by atoms with Crippen molar-refractivity contribution in [2.75, 3.05) is 27.4 Å². The van der Waals surface area contributed by atoms with Gasteiger partial charge in [0.15, 0.2) is 47.8 Å². The summed E-state index contributed by atoms with van der Waals surface area (Å²) in [6, 6.07) is 1.99. The summed E-state index contributed by atoms with van der Waals surface area (Å²) in [4.78, 5) is 15.1.